The van der Waals surface area contributed by atoms with Crippen LogP contribution in [0.4, 0.5) is 13.2 Å². The number of aryl methyl sites for hydroxylation is 2. The Bertz CT molecular complexity index is 924. The first-order valence-corrected chi connectivity index (χ1v) is 10.3. The number of halogens is 4. The first-order valence-electron chi connectivity index (χ1n) is 9.97. The second-order valence-corrected chi connectivity index (χ2v) is 8.39. The van der Waals surface area contributed by atoms with Crippen LogP contribution in [0, 0.1) is 13.8 Å². The number of ether oxygens (including phenoxy) is 1. The maximum absolute atomic E-state index is 12.7. The van der Waals surface area contributed by atoms with Crippen molar-refractivity contribution in [1.82, 2.24) is 14.7 Å². The Morgan fingerprint density at radius 1 is 1.26 bits per heavy atom. The van der Waals surface area contributed by atoms with Crippen LogP contribution in [-0.2, 0) is 17.5 Å². The van der Waals surface area contributed by atoms with Gasteiger partial charge in [-0.2, -0.15) is 18.3 Å². The van der Waals surface area contributed by atoms with Gasteiger partial charge >= 0.3 is 6.18 Å². The molecule has 6 nitrogen and oxygen atoms in total. The molecule has 0 aliphatic carbocycles. The Hall–Kier alpha value is -2.26. The fourth-order valence-electron chi connectivity index (χ4n) is 3.62. The Balaban J connectivity index is 1.56. The topological polar surface area (TPSA) is 67.6 Å². The van der Waals surface area contributed by atoms with Crippen LogP contribution in [0.5, 0.6) is 5.75 Å². The molecule has 31 heavy (non-hydrogen) atoms. The van der Waals surface area contributed by atoms with E-state index in [1.165, 1.54) is 0 Å². The molecule has 0 spiro atoms. The van der Waals surface area contributed by atoms with Crippen molar-refractivity contribution in [3.05, 3.63) is 46.2 Å². The van der Waals surface area contributed by atoms with E-state index in [4.69, 9.17) is 16.3 Å². The monoisotopic (exact) mass is 459 g/mol. The molecule has 10 heteroatoms. The molecule has 1 atom stereocenters. The van der Waals surface area contributed by atoms with E-state index < -0.39 is 17.5 Å². The minimum absolute atomic E-state index is 0.0731. The van der Waals surface area contributed by atoms with Gasteiger partial charge in [-0.3, -0.25) is 9.48 Å². The minimum Gasteiger partial charge on any atom is -0.491 e. The number of nitrogens with zero attached hydrogens (tertiary/aromatic N) is 3. The number of benzene rings is 1. The average Bonchev–Trinajstić information content (AvgIpc) is 3.07. The summed E-state index contributed by atoms with van der Waals surface area (Å²) in [6.07, 6.45) is -2.11. The highest BCUT2D eigenvalue weighted by atomic mass is 35.5. The fraction of sp³-hybridized carbons (Fsp3) is 0.524. The van der Waals surface area contributed by atoms with E-state index in [0.29, 0.717) is 36.6 Å². The number of likely N-dealkylation sites (tertiary alicyclic amines) is 1. The molecule has 0 radical (unpaired) electrons. The van der Waals surface area contributed by atoms with Crippen LogP contribution < -0.4 is 4.74 Å². The Morgan fingerprint density at radius 2 is 1.94 bits per heavy atom. The van der Waals surface area contributed by atoms with Crippen molar-refractivity contribution in [2.75, 3.05) is 19.7 Å². The van der Waals surface area contributed by atoms with E-state index in [1.807, 2.05) is 26.0 Å². The highest BCUT2D eigenvalue weighted by Crippen LogP contribution is 2.29. The van der Waals surface area contributed by atoms with Crippen molar-refractivity contribution in [2.24, 2.45) is 0 Å². The van der Waals surface area contributed by atoms with E-state index in [2.05, 4.69) is 5.10 Å². The van der Waals surface area contributed by atoms with Gasteiger partial charge in [0.05, 0.1) is 0 Å². The Labute approximate surface area is 183 Å². The van der Waals surface area contributed by atoms with Crippen LogP contribution in [-0.4, -0.2) is 51.0 Å². The van der Waals surface area contributed by atoms with Gasteiger partial charge in [-0.15, -0.1) is 0 Å². The van der Waals surface area contributed by atoms with E-state index >= 15 is 0 Å². The lowest BCUT2D eigenvalue weighted by atomic mass is 9.96. The Morgan fingerprint density at radius 3 is 2.55 bits per heavy atom. The second-order valence-electron chi connectivity index (χ2n) is 8.01. The molecule has 0 bridgehead atoms. The van der Waals surface area contributed by atoms with Gasteiger partial charge in [-0.1, -0.05) is 11.6 Å². The summed E-state index contributed by atoms with van der Waals surface area (Å²) in [5, 5.41) is 15.0. The molecule has 1 saturated heterocycles. The van der Waals surface area contributed by atoms with Gasteiger partial charge in [-0.05, 0) is 62.4 Å². The fourth-order valence-corrected chi connectivity index (χ4v) is 3.73. The highest BCUT2D eigenvalue weighted by molar-refractivity contribution is 6.32. The summed E-state index contributed by atoms with van der Waals surface area (Å²) >= 11 is 6.17. The lowest BCUT2D eigenvalue weighted by Crippen LogP contribution is -2.39. The number of carbonyl (C=O) groups is 1. The van der Waals surface area contributed by atoms with Crippen LogP contribution in [0.15, 0.2) is 24.4 Å². The average molecular weight is 460 g/mol. The maximum Gasteiger partial charge on any atom is 0.435 e. The number of carbonyl (C=O) groups excluding carboxylic acids is 1. The van der Waals surface area contributed by atoms with E-state index in [1.54, 1.807) is 4.90 Å². The number of hydrogen-bond acceptors (Lipinski definition) is 4. The molecular formula is C21H25ClF3N3O3. The van der Waals surface area contributed by atoms with Crippen molar-refractivity contribution in [3.8, 4) is 5.75 Å². The van der Waals surface area contributed by atoms with Crippen molar-refractivity contribution >= 4 is 17.5 Å². The van der Waals surface area contributed by atoms with E-state index in [-0.39, 0.29) is 25.6 Å². The zero-order chi connectivity index (χ0) is 22.8. The summed E-state index contributed by atoms with van der Waals surface area (Å²) in [6, 6.07) is 4.46. The highest BCUT2D eigenvalue weighted by Gasteiger charge is 2.35. The number of aliphatic hydroxyl groups is 1. The van der Waals surface area contributed by atoms with Crippen molar-refractivity contribution in [3.63, 3.8) is 0 Å². The molecule has 1 unspecified atom stereocenters. The summed E-state index contributed by atoms with van der Waals surface area (Å²) < 4.78 is 44.8. The SMILES string of the molecule is Cc1cc(OCC2(O)CCCN(C(=O)Cn3ccc(C(F)(F)F)n3)CC2)cc(C)c1Cl. The zero-order valence-electron chi connectivity index (χ0n) is 17.4. The van der Waals surface area contributed by atoms with Crippen LogP contribution in [0.1, 0.15) is 36.1 Å². The molecular weight excluding hydrogens is 435 g/mol. The molecule has 2 aromatic rings. The summed E-state index contributed by atoms with van der Waals surface area (Å²) in [5.74, 6) is 0.273. The lowest BCUT2D eigenvalue weighted by molar-refractivity contribution is -0.142. The number of amides is 1. The van der Waals surface area contributed by atoms with Crippen LogP contribution in [0.2, 0.25) is 5.02 Å². The van der Waals surface area contributed by atoms with Gasteiger partial charge in [0.1, 0.15) is 24.5 Å². The predicted molar refractivity (Wildman–Crippen MR) is 109 cm³/mol. The van der Waals surface area contributed by atoms with Crippen molar-refractivity contribution in [1.29, 1.82) is 0 Å². The molecule has 1 amide bonds. The molecule has 3 rings (SSSR count). The quantitative estimate of drug-likeness (QED) is 0.734. The number of aromatic nitrogens is 2. The van der Waals surface area contributed by atoms with Gasteiger partial charge in [0.25, 0.3) is 0 Å². The molecule has 0 saturated carbocycles. The smallest absolute Gasteiger partial charge is 0.435 e. The standard InChI is InChI=1S/C21H25ClF3N3O3/c1-14-10-16(11-15(2)19(14)22)31-13-20(30)5-3-7-27(9-6-20)18(29)12-28-8-4-17(26-28)21(23,24)25/h4,8,10-11,30H,3,5-7,9,12-13H2,1-2H3. The Kier molecular flexibility index (Phi) is 6.85. The number of rotatable bonds is 5. The zero-order valence-corrected chi connectivity index (χ0v) is 18.1. The second kappa shape index (κ2) is 9.08. The summed E-state index contributed by atoms with van der Waals surface area (Å²) in [7, 11) is 0. The van der Waals surface area contributed by atoms with Gasteiger partial charge < -0.3 is 14.7 Å². The van der Waals surface area contributed by atoms with E-state index in [9.17, 15) is 23.1 Å². The molecule has 1 aromatic heterocycles. The summed E-state index contributed by atoms with van der Waals surface area (Å²) in [6.45, 7) is 4.24. The molecule has 2 heterocycles. The number of hydrogen-bond donors (Lipinski definition) is 1. The van der Waals surface area contributed by atoms with Crippen LogP contribution in [0.3, 0.4) is 0 Å². The molecule has 170 valence electrons. The maximum atomic E-state index is 12.7. The first-order chi connectivity index (χ1) is 14.5. The largest absolute Gasteiger partial charge is 0.491 e. The molecule has 1 fully saturated rings. The minimum atomic E-state index is -4.55. The van der Waals surface area contributed by atoms with Gasteiger partial charge in [0, 0.05) is 24.3 Å². The third-order valence-corrected chi connectivity index (χ3v) is 6.01. The van der Waals surface area contributed by atoms with Crippen molar-refractivity contribution in [2.45, 2.75) is 51.4 Å². The van der Waals surface area contributed by atoms with Gasteiger partial charge in [-0.25, -0.2) is 0 Å². The normalized spacial score (nSPS) is 19.9. The molecule has 1 aliphatic rings. The molecule has 1 aromatic carbocycles. The summed E-state index contributed by atoms with van der Waals surface area (Å²) in [4.78, 5) is 14.1. The molecule has 1 N–H and O–H groups in total. The van der Waals surface area contributed by atoms with Crippen molar-refractivity contribution < 1.29 is 27.8 Å². The van der Waals surface area contributed by atoms with E-state index in [0.717, 1.165) is 28.1 Å². The number of alkyl halides is 3. The first kappa shape index (κ1) is 23.4. The predicted octanol–water partition coefficient (Wildman–Crippen LogP) is 3.99. The third-order valence-electron chi connectivity index (χ3n) is 5.42. The van der Waals surface area contributed by atoms with Gasteiger partial charge in [0.2, 0.25) is 5.91 Å². The van der Waals surface area contributed by atoms with Crippen LogP contribution in [0.25, 0.3) is 0 Å². The third kappa shape index (κ3) is 5.92. The van der Waals surface area contributed by atoms with Gasteiger partial charge in [0.15, 0.2) is 5.69 Å². The van der Waals surface area contributed by atoms with Crippen LogP contribution >= 0.6 is 11.6 Å². The summed E-state index contributed by atoms with van der Waals surface area (Å²) in [5.41, 5.74) is -0.372. The molecule has 1 aliphatic heterocycles. The lowest BCUT2D eigenvalue weighted by Gasteiger charge is -2.27.